The van der Waals surface area contributed by atoms with E-state index in [0.29, 0.717) is 11.5 Å². The van der Waals surface area contributed by atoms with Crippen LogP contribution in [0, 0.1) is 0 Å². The molecule has 5 heteroatoms. The Morgan fingerprint density at radius 2 is 1.80 bits per heavy atom. The van der Waals surface area contributed by atoms with Crippen LogP contribution in [-0.2, 0) is 4.57 Å². The van der Waals surface area contributed by atoms with E-state index in [4.69, 9.17) is 4.74 Å². The maximum atomic E-state index is 12.3. The Hall–Kier alpha value is -1.87. The maximum absolute atomic E-state index is 12.3. The highest BCUT2D eigenvalue weighted by Crippen LogP contribution is 2.38. The summed E-state index contributed by atoms with van der Waals surface area (Å²) in [6.45, 7) is 3.77. The number of hydrogen-bond donors (Lipinski definition) is 2. The van der Waals surface area contributed by atoms with Crippen molar-refractivity contribution in [1.29, 1.82) is 0 Å². The van der Waals surface area contributed by atoms with Crippen LogP contribution in [0.1, 0.15) is 0 Å². The zero-order chi connectivity index (χ0) is 14.4. The van der Waals surface area contributed by atoms with Crippen LogP contribution in [0.15, 0.2) is 67.3 Å². The average molecular weight is 289 g/mol. The summed E-state index contributed by atoms with van der Waals surface area (Å²) in [4.78, 5) is 10.1. The van der Waals surface area contributed by atoms with E-state index in [2.05, 4.69) is 11.7 Å². The van der Waals surface area contributed by atoms with Gasteiger partial charge in [-0.25, -0.2) is 5.09 Å². The van der Waals surface area contributed by atoms with Crippen molar-refractivity contribution < 1.29 is 14.2 Å². The van der Waals surface area contributed by atoms with Crippen molar-refractivity contribution in [3.8, 4) is 11.5 Å². The molecule has 4 nitrogen and oxygen atoms in total. The molecule has 0 saturated heterocycles. The first-order chi connectivity index (χ1) is 9.63. The fourth-order valence-electron chi connectivity index (χ4n) is 1.68. The van der Waals surface area contributed by atoms with Crippen molar-refractivity contribution >= 4 is 12.8 Å². The predicted molar refractivity (Wildman–Crippen MR) is 80.6 cm³/mol. The van der Waals surface area contributed by atoms with E-state index in [9.17, 15) is 9.46 Å². The Bertz CT molecular complexity index is 628. The van der Waals surface area contributed by atoms with E-state index in [-0.39, 0.29) is 11.8 Å². The number of ether oxygens (including phenoxy) is 1. The minimum atomic E-state index is -3.68. The summed E-state index contributed by atoms with van der Waals surface area (Å²) in [6, 6.07) is 15.8. The van der Waals surface area contributed by atoms with E-state index < -0.39 is 7.52 Å². The fourth-order valence-corrected chi connectivity index (χ4v) is 2.94. The van der Waals surface area contributed by atoms with Crippen LogP contribution in [0.4, 0.5) is 0 Å². The molecule has 0 saturated carbocycles. The van der Waals surface area contributed by atoms with Gasteiger partial charge in [0.25, 0.3) is 0 Å². The molecule has 0 bridgehead atoms. The third-order valence-corrected chi connectivity index (χ3v) is 4.25. The molecular formula is C15H16NO3P. The Kier molecular flexibility index (Phi) is 4.74. The number of rotatable bonds is 6. The third kappa shape index (κ3) is 3.58. The Labute approximate surface area is 118 Å². The molecule has 2 N–H and O–H groups in total. The Morgan fingerprint density at radius 3 is 2.50 bits per heavy atom. The van der Waals surface area contributed by atoms with Gasteiger partial charge in [0.15, 0.2) is 0 Å². The largest absolute Gasteiger partial charge is 0.456 e. The topological polar surface area (TPSA) is 58.6 Å². The lowest BCUT2D eigenvalue weighted by molar-refractivity contribution is 0.467. The molecular weight excluding hydrogens is 273 g/mol. The molecule has 0 amide bonds. The van der Waals surface area contributed by atoms with E-state index in [1.165, 1.54) is 6.08 Å². The fraction of sp³-hybridized carbons (Fsp3) is 0.0667. The third-order valence-electron chi connectivity index (χ3n) is 2.61. The second kappa shape index (κ2) is 6.53. The molecule has 0 radical (unpaired) electrons. The van der Waals surface area contributed by atoms with Crippen LogP contribution >= 0.6 is 7.52 Å². The first kappa shape index (κ1) is 14.5. The molecule has 0 aromatic heterocycles. The standard InChI is InChI=1S/C15H16NO3P/c1-2-12-16-20(17,18)15-11-7-6-10-14(15)19-13-8-4-3-5-9-13/h2-11H,1,12H2,(H2,16,17,18). The summed E-state index contributed by atoms with van der Waals surface area (Å²) in [7, 11) is -3.68. The first-order valence-corrected chi connectivity index (χ1v) is 7.81. The predicted octanol–water partition coefficient (Wildman–Crippen LogP) is 3.07. The van der Waals surface area contributed by atoms with Crippen LogP contribution in [0.25, 0.3) is 0 Å². The van der Waals surface area contributed by atoms with E-state index in [1.54, 1.807) is 36.4 Å². The molecule has 0 heterocycles. The summed E-state index contributed by atoms with van der Waals surface area (Å²) >= 11 is 0. The average Bonchev–Trinajstić information content (AvgIpc) is 2.47. The number of para-hydroxylation sites is 2. The van der Waals surface area contributed by atoms with Gasteiger partial charge in [-0.3, -0.25) is 4.57 Å². The molecule has 1 unspecified atom stereocenters. The smallest absolute Gasteiger partial charge is 0.301 e. The van der Waals surface area contributed by atoms with Gasteiger partial charge < -0.3 is 9.63 Å². The van der Waals surface area contributed by atoms with Gasteiger partial charge in [0, 0.05) is 6.54 Å². The second-order valence-corrected chi connectivity index (χ2v) is 6.06. The van der Waals surface area contributed by atoms with Crippen LogP contribution < -0.4 is 15.1 Å². The van der Waals surface area contributed by atoms with Gasteiger partial charge >= 0.3 is 7.52 Å². The van der Waals surface area contributed by atoms with Crippen LogP contribution in [-0.4, -0.2) is 11.4 Å². The van der Waals surface area contributed by atoms with Gasteiger partial charge in [-0.15, -0.1) is 6.58 Å². The van der Waals surface area contributed by atoms with Crippen LogP contribution in [0.5, 0.6) is 11.5 Å². The van der Waals surface area contributed by atoms with Gasteiger partial charge in [0.05, 0.1) is 5.30 Å². The molecule has 0 aliphatic rings. The van der Waals surface area contributed by atoms with Crippen molar-refractivity contribution in [3.05, 3.63) is 67.3 Å². The zero-order valence-corrected chi connectivity index (χ0v) is 11.8. The van der Waals surface area contributed by atoms with Gasteiger partial charge in [-0.1, -0.05) is 36.4 Å². The van der Waals surface area contributed by atoms with Gasteiger partial charge in [-0.2, -0.15) is 0 Å². The van der Waals surface area contributed by atoms with Gasteiger partial charge in [0.2, 0.25) is 0 Å². The molecule has 104 valence electrons. The Morgan fingerprint density at radius 1 is 1.15 bits per heavy atom. The molecule has 0 aliphatic carbocycles. The highest BCUT2D eigenvalue weighted by molar-refractivity contribution is 7.64. The summed E-state index contributed by atoms with van der Waals surface area (Å²) in [5, 5.41) is 2.81. The highest BCUT2D eigenvalue weighted by atomic mass is 31.2. The maximum Gasteiger partial charge on any atom is 0.301 e. The highest BCUT2D eigenvalue weighted by Gasteiger charge is 2.24. The molecule has 1 atom stereocenters. The molecule has 2 aromatic carbocycles. The summed E-state index contributed by atoms with van der Waals surface area (Å²) < 4.78 is 18.0. The van der Waals surface area contributed by atoms with Crippen molar-refractivity contribution in [2.24, 2.45) is 0 Å². The second-order valence-electron chi connectivity index (χ2n) is 4.11. The van der Waals surface area contributed by atoms with Crippen molar-refractivity contribution in [2.75, 3.05) is 6.54 Å². The van der Waals surface area contributed by atoms with Gasteiger partial charge in [-0.05, 0) is 24.3 Å². The normalized spacial score (nSPS) is 13.4. The van der Waals surface area contributed by atoms with Crippen LogP contribution in [0.2, 0.25) is 0 Å². The Balaban J connectivity index is 2.31. The van der Waals surface area contributed by atoms with Crippen molar-refractivity contribution in [2.45, 2.75) is 0 Å². The van der Waals surface area contributed by atoms with Crippen molar-refractivity contribution in [1.82, 2.24) is 5.09 Å². The number of benzene rings is 2. The zero-order valence-electron chi connectivity index (χ0n) is 10.9. The monoisotopic (exact) mass is 289 g/mol. The number of nitrogens with one attached hydrogen (secondary N) is 1. The summed E-state index contributed by atoms with van der Waals surface area (Å²) in [5.41, 5.74) is 0. The molecule has 0 spiro atoms. The molecule has 20 heavy (non-hydrogen) atoms. The molecule has 0 fully saturated rings. The lowest BCUT2D eigenvalue weighted by Crippen LogP contribution is -2.20. The molecule has 2 rings (SSSR count). The van der Waals surface area contributed by atoms with E-state index in [1.807, 2.05) is 18.2 Å². The first-order valence-electron chi connectivity index (χ1n) is 6.15. The molecule has 2 aromatic rings. The number of hydrogen-bond acceptors (Lipinski definition) is 2. The minimum absolute atomic E-state index is 0.241. The summed E-state index contributed by atoms with van der Waals surface area (Å²) in [5.74, 6) is 0.977. The lowest BCUT2D eigenvalue weighted by atomic mass is 10.3. The lowest BCUT2D eigenvalue weighted by Gasteiger charge is -2.16. The van der Waals surface area contributed by atoms with Gasteiger partial charge in [0.1, 0.15) is 11.5 Å². The molecule has 0 aliphatic heterocycles. The van der Waals surface area contributed by atoms with E-state index in [0.717, 1.165) is 0 Å². The van der Waals surface area contributed by atoms with Crippen molar-refractivity contribution in [3.63, 3.8) is 0 Å². The summed E-state index contributed by atoms with van der Waals surface area (Å²) in [6.07, 6.45) is 1.53. The van der Waals surface area contributed by atoms with Crippen LogP contribution in [0.3, 0.4) is 0 Å². The SMILES string of the molecule is C=CCNP(=O)(O)c1ccccc1Oc1ccccc1. The quantitative estimate of drug-likeness (QED) is 0.634. The minimum Gasteiger partial charge on any atom is -0.456 e. The van der Waals surface area contributed by atoms with E-state index >= 15 is 0 Å².